The number of ether oxygens (including phenoxy) is 1. The summed E-state index contributed by atoms with van der Waals surface area (Å²) in [7, 11) is 0. The Morgan fingerprint density at radius 1 is 1.52 bits per heavy atom. The van der Waals surface area contributed by atoms with Gasteiger partial charge in [0.1, 0.15) is 21.4 Å². The molecule has 1 atom stereocenters. The van der Waals surface area contributed by atoms with Gasteiger partial charge in [-0.05, 0) is 41.9 Å². The molecule has 4 rings (SSSR count). The number of hydrogen-bond donors (Lipinski definition) is 3. The number of hydrogen-bond acceptors (Lipinski definition) is 6. The van der Waals surface area contributed by atoms with Crippen molar-refractivity contribution >= 4 is 55.8 Å². The highest BCUT2D eigenvalue weighted by Gasteiger charge is 2.25. The number of nitrogens with one attached hydrogen (secondary N) is 2. The number of nitrogens with two attached hydrogens (primary N) is 1. The van der Waals surface area contributed by atoms with E-state index in [-0.39, 0.29) is 11.4 Å². The van der Waals surface area contributed by atoms with Crippen molar-refractivity contribution in [2.24, 2.45) is 0 Å². The van der Waals surface area contributed by atoms with E-state index in [1.165, 1.54) is 4.52 Å². The first-order valence-electron chi connectivity index (χ1n) is 8.80. The highest BCUT2D eigenvalue weighted by Crippen LogP contribution is 2.40. The zero-order valence-corrected chi connectivity index (χ0v) is 17.9. The molecular weight excluding hydrogens is 462 g/mol. The molecule has 1 aromatic carbocycles. The van der Waals surface area contributed by atoms with Gasteiger partial charge in [0.2, 0.25) is 0 Å². The molecule has 29 heavy (non-hydrogen) atoms. The summed E-state index contributed by atoms with van der Waals surface area (Å²) in [5.74, 6) is 0.279. The van der Waals surface area contributed by atoms with Gasteiger partial charge in [-0.3, -0.25) is 9.89 Å². The lowest BCUT2D eigenvalue weighted by atomic mass is 10.0. The van der Waals surface area contributed by atoms with E-state index >= 15 is 0 Å². The zero-order valence-electron chi connectivity index (χ0n) is 15.5. The Hall–Kier alpha value is -2.85. The molecule has 1 unspecified atom stereocenters. The SMILES string of the molecule is CCOc1c(C(C)NC(=O)c2c(N)nn3cccnc23)cc(Cl)c2c(Br)n[nH]c12. The number of rotatable bonds is 5. The van der Waals surface area contributed by atoms with Crippen LogP contribution in [0.5, 0.6) is 5.75 Å². The molecule has 11 heteroatoms. The fraction of sp³-hybridized carbons (Fsp3) is 0.222. The molecule has 0 saturated carbocycles. The quantitative estimate of drug-likeness (QED) is 0.403. The van der Waals surface area contributed by atoms with Crippen LogP contribution in [0.15, 0.2) is 29.1 Å². The molecule has 150 valence electrons. The third-order valence-electron chi connectivity index (χ3n) is 4.48. The molecule has 0 radical (unpaired) electrons. The monoisotopic (exact) mass is 477 g/mol. The van der Waals surface area contributed by atoms with Crippen LogP contribution in [0.1, 0.15) is 35.8 Å². The van der Waals surface area contributed by atoms with Crippen LogP contribution in [0.25, 0.3) is 16.6 Å². The Balaban J connectivity index is 1.73. The molecular formula is C18H17BrClN7O2. The summed E-state index contributed by atoms with van der Waals surface area (Å²) in [5, 5.41) is 15.3. The maximum Gasteiger partial charge on any atom is 0.259 e. The molecule has 9 nitrogen and oxygen atoms in total. The number of carbonyl (C=O) groups is 1. The molecule has 1 amide bonds. The number of amides is 1. The number of nitrogen functional groups attached to an aromatic ring is 1. The van der Waals surface area contributed by atoms with Crippen molar-refractivity contribution in [3.05, 3.63) is 45.3 Å². The van der Waals surface area contributed by atoms with E-state index in [1.54, 1.807) is 24.5 Å². The van der Waals surface area contributed by atoms with E-state index in [2.05, 4.69) is 41.5 Å². The average Bonchev–Trinajstić information content (AvgIpc) is 3.23. The van der Waals surface area contributed by atoms with Crippen LogP contribution >= 0.6 is 27.5 Å². The minimum absolute atomic E-state index is 0.101. The molecule has 0 aliphatic heterocycles. The number of benzene rings is 1. The summed E-state index contributed by atoms with van der Waals surface area (Å²) in [6, 6.07) is 3.03. The fourth-order valence-electron chi connectivity index (χ4n) is 3.21. The first-order chi connectivity index (χ1) is 13.9. The molecule has 0 fully saturated rings. The van der Waals surface area contributed by atoms with Gasteiger partial charge in [0.05, 0.1) is 23.1 Å². The molecule has 0 spiro atoms. The molecule has 0 aliphatic rings. The summed E-state index contributed by atoms with van der Waals surface area (Å²) >= 11 is 9.84. The molecule has 0 aliphatic carbocycles. The standard InChI is InChI=1S/C18H17BrClN7O2/c1-3-29-14-9(7-10(20)11-13(14)24-25-15(11)19)8(2)23-18(28)12-16(21)26-27-6-4-5-22-17(12)27/h4-8H,3H2,1-2H3,(H2,21,26)(H,23,28)(H,24,25). The zero-order chi connectivity index (χ0) is 20.7. The Morgan fingerprint density at radius 3 is 3.07 bits per heavy atom. The minimum atomic E-state index is -0.439. The largest absolute Gasteiger partial charge is 0.491 e. The van der Waals surface area contributed by atoms with E-state index in [9.17, 15) is 4.79 Å². The fourth-order valence-corrected chi connectivity index (χ4v) is 4.13. The van der Waals surface area contributed by atoms with Crippen LogP contribution < -0.4 is 15.8 Å². The van der Waals surface area contributed by atoms with Crippen molar-refractivity contribution in [2.75, 3.05) is 12.3 Å². The van der Waals surface area contributed by atoms with Crippen LogP contribution in [0, 0.1) is 0 Å². The number of halogens is 2. The summed E-state index contributed by atoms with van der Waals surface area (Å²) in [6.45, 7) is 4.15. The summed E-state index contributed by atoms with van der Waals surface area (Å²) < 4.78 is 7.90. The molecule has 3 aromatic heterocycles. The Labute approximate surface area is 178 Å². The van der Waals surface area contributed by atoms with Crippen LogP contribution in [-0.2, 0) is 0 Å². The molecule has 3 heterocycles. The molecule has 4 N–H and O–H groups in total. The second-order valence-electron chi connectivity index (χ2n) is 6.32. The molecule has 0 saturated heterocycles. The minimum Gasteiger partial charge on any atom is -0.491 e. The normalized spacial score (nSPS) is 12.4. The lowest BCUT2D eigenvalue weighted by Gasteiger charge is -2.19. The highest BCUT2D eigenvalue weighted by atomic mass is 79.9. The van der Waals surface area contributed by atoms with Crippen LogP contribution in [0.3, 0.4) is 0 Å². The van der Waals surface area contributed by atoms with Crippen molar-refractivity contribution < 1.29 is 9.53 Å². The second-order valence-corrected chi connectivity index (χ2v) is 7.48. The Morgan fingerprint density at radius 2 is 2.31 bits per heavy atom. The molecule has 4 aromatic rings. The van der Waals surface area contributed by atoms with Gasteiger partial charge in [-0.25, -0.2) is 9.50 Å². The lowest BCUT2D eigenvalue weighted by molar-refractivity contribution is 0.0942. The first-order valence-corrected chi connectivity index (χ1v) is 9.97. The van der Waals surface area contributed by atoms with Gasteiger partial charge >= 0.3 is 0 Å². The number of aromatic nitrogens is 5. The number of H-pyrrole nitrogens is 1. The number of nitrogens with zero attached hydrogens (tertiary/aromatic N) is 4. The maximum absolute atomic E-state index is 13.0. The third-order valence-corrected chi connectivity index (χ3v) is 5.36. The van der Waals surface area contributed by atoms with Crippen LogP contribution in [0.4, 0.5) is 5.82 Å². The number of carbonyl (C=O) groups excluding carboxylic acids is 1. The number of anilines is 1. The average molecular weight is 479 g/mol. The van der Waals surface area contributed by atoms with Crippen molar-refractivity contribution in [1.82, 2.24) is 30.1 Å². The van der Waals surface area contributed by atoms with Gasteiger partial charge in [-0.1, -0.05) is 11.6 Å². The van der Waals surface area contributed by atoms with E-state index in [1.807, 2.05) is 13.8 Å². The third kappa shape index (κ3) is 3.28. The van der Waals surface area contributed by atoms with Crippen LogP contribution in [-0.4, -0.2) is 37.3 Å². The van der Waals surface area contributed by atoms with E-state index in [4.69, 9.17) is 22.1 Å². The Bertz CT molecular complexity index is 1240. The number of aromatic amines is 1. The first kappa shape index (κ1) is 19.5. The van der Waals surface area contributed by atoms with Crippen molar-refractivity contribution in [1.29, 1.82) is 0 Å². The van der Waals surface area contributed by atoms with Crippen molar-refractivity contribution in [2.45, 2.75) is 19.9 Å². The van der Waals surface area contributed by atoms with E-state index < -0.39 is 11.9 Å². The lowest BCUT2D eigenvalue weighted by Crippen LogP contribution is -2.27. The van der Waals surface area contributed by atoms with Gasteiger partial charge in [-0.15, -0.1) is 5.10 Å². The smallest absolute Gasteiger partial charge is 0.259 e. The predicted octanol–water partition coefficient (Wildman–Crippen LogP) is 3.49. The summed E-state index contributed by atoms with van der Waals surface area (Å²) in [5.41, 5.74) is 7.90. The van der Waals surface area contributed by atoms with Gasteiger partial charge in [0, 0.05) is 18.0 Å². The van der Waals surface area contributed by atoms with Gasteiger partial charge < -0.3 is 15.8 Å². The number of fused-ring (bicyclic) bond motifs is 2. The maximum atomic E-state index is 13.0. The summed E-state index contributed by atoms with van der Waals surface area (Å²) in [6.07, 6.45) is 3.25. The van der Waals surface area contributed by atoms with E-state index in [0.717, 1.165) is 0 Å². The highest BCUT2D eigenvalue weighted by molar-refractivity contribution is 9.10. The van der Waals surface area contributed by atoms with Gasteiger partial charge in [0.25, 0.3) is 5.91 Å². The van der Waals surface area contributed by atoms with Crippen LogP contribution in [0.2, 0.25) is 5.02 Å². The van der Waals surface area contributed by atoms with E-state index in [0.29, 0.717) is 44.1 Å². The second kappa shape index (κ2) is 7.53. The van der Waals surface area contributed by atoms with Gasteiger partial charge in [0.15, 0.2) is 11.5 Å². The Kier molecular flexibility index (Phi) is 5.05. The van der Waals surface area contributed by atoms with Crippen molar-refractivity contribution in [3.8, 4) is 5.75 Å². The van der Waals surface area contributed by atoms with Crippen molar-refractivity contribution in [3.63, 3.8) is 0 Å². The molecule has 0 bridgehead atoms. The predicted molar refractivity (Wildman–Crippen MR) is 113 cm³/mol. The van der Waals surface area contributed by atoms with Gasteiger partial charge in [-0.2, -0.15) is 5.10 Å². The summed E-state index contributed by atoms with van der Waals surface area (Å²) in [4.78, 5) is 17.2. The topological polar surface area (TPSA) is 123 Å².